The molecule has 1 amide bonds. The van der Waals surface area contributed by atoms with Gasteiger partial charge < -0.3 is 9.47 Å². The number of aromatic nitrogens is 2. The van der Waals surface area contributed by atoms with E-state index in [0.717, 1.165) is 43.2 Å². The van der Waals surface area contributed by atoms with E-state index in [9.17, 15) is 4.79 Å². The minimum Gasteiger partial charge on any atom is -0.341 e. The summed E-state index contributed by atoms with van der Waals surface area (Å²) in [5.41, 5.74) is 1.05. The molecule has 5 heteroatoms. The van der Waals surface area contributed by atoms with Gasteiger partial charge in [-0.2, -0.15) is 0 Å². The molecular weight excluding hydrogens is 294 g/mol. The number of amides is 1. The molecule has 2 heterocycles. The molecule has 0 aliphatic carbocycles. The molecule has 1 unspecified atom stereocenters. The van der Waals surface area contributed by atoms with Gasteiger partial charge in [-0.25, -0.2) is 4.98 Å². The topological polar surface area (TPSA) is 38.1 Å². The second-order valence-electron chi connectivity index (χ2n) is 5.44. The number of benzene rings is 1. The summed E-state index contributed by atoms with van der Waals surface area (Å²) < 4.78 is 2.08. The number of imidazole rings is 1. The standard InChI is InChI=1S/C17H21N3OS/c1-2-19-13-10-18-17(19)22-15(14-8-4-3-5-9-14)16(21)20-11-6-7-12-20/h3-5,8-10,13,15H,2,6-7,11-12H2,1H3. The fourth-order valence-corrected chi connectivity index (χ4v) is 3.95. The average molecular weight is 315 g/mol. The Kier molecular flexibility index (Phi) is 4.83. The minimum absolute atomic E-state index is 0.208. The molecule has 1 atom stereocenters. The summed E-state index contributed by atoms with van der Waals surface area (Å²) >= 11 is 1.56. The molecule has 0 saturated carbocycles. The molecular formula is C17H21N3OS. The van der Waals surface area contributed by atoms with E-state index in [1.165, 1.54) is 0 Å². The minimum atomic E-state index is -0.216. The number of rotatable bonds is 5. The number of carbonyl (C=O) groups excluding carboxylic acids is 1. The van der Waals surface area contributed by atoms with E-state index >= 15 is 0 Å². The number of nitrogens with zero attached hydrogens (tertiary/aromatic N) is 3. The van der Waals surface area contributed by atoms with Crippen LogP contribution < -0.4 is 0 Å². The molecule has 1 aromatic carbocycles. The molecule has 0 radical (unpaired) electrons. The van der Waals surface area contributed by atoms with E-state index in [1.807, 2.05) is 41.4 Å². The van der Waals surface area contributed by atoms with Crippen LogP contribution in [0.5, 0.6) is 0 Å². The van der Waals surface area contributed by atoms with Gasteiger partial charge in [-0.1, -0.05) is 42.1 Å². The highest BCUT2D eigenvalue weighted by atomic mass is 32.2. The summed E-state index contributed by atoms with van der Waals surface area (Å²) in [5.74, 6) is 0.208. The molecule has 116 valence electrons. The zero-order valence-electron chi connectivity index (χ0n) is 12.8. The Morgan fingerprint density at radius 2 is 2.00 bits per heavy atom. The Morgan fingerprint density at radius 3 is 2.68 bits per heavy atom. The van der Waals surface area contributed by atoms with Gasteiger partial charge in [-0.3, -0.25) is 4.79 Å². The van der Waals surface area contributed by atoms with Crippen molar-refractivity contribution in [3.05, 3.63) is 48.3 Å². The first-order chi connectivity index (χ1) is 10.8. The van der Waals surface area contributed by atoms with Crippen LogP contribution in [0, 0.1) is 0 Å². The quantitative estimate of drug-likeness (QED) is 0.794. The Balaban J connectivity index is 1.87. The van der Waals surface area contributed by atoms with Gasteiger partial charge in [0.15, 0.2) is 5.16 Å². The van der Waals surface area contributed by atoms with Crippen LogP contribution in [-0.4, -0.2) is 33.4 Å². The maximum atomic E-state index is 12.9. The highest BCUT2D eigenvalue weighted by molar-refractivity contribution is 8.00. The highest BCUT2D eigenvalue weighted by Crippen LogP contribution is 2.36. The summed E-state index contributed by atoms with van der Waals surface area (Å²) in [6.07, 6.45) is 5.99. The van der Waals surface area contributed by atoms with Gasteiger partial charge >= 0.3 is 0 Å². The fourth-order valence-electron chi connectivity index (χ4n) is 2.75. The van der Waals surface area contributed by atoms with Crippen LogP contribution in [0.2, 0.25) is 0 Å². The zero-order valence-corrected chi connectivity index (χ0v) is 13.6. The summed E-state index contributed by atoms with van der Waals surface area (Å²) in [7, 11) is 0. The van der Waals surface area contributed by atoms with Crippen LogP contribution in [0.3, 0.4) is 0 Å². The Bertz CT molecular complexity index is 620. The molecule has 1 aliphatic heterocycles. The summed E-state index contributed by atoms with van der Waals surface area (Å²) in [6, 6.07) is 10.0. The molecule has 1 saturated heterocycles. The number of hydrogen-bond donors (Lipinski definition) is 0. The lowest BCUT2D eigenvalue weighted by Gasteiger charge is -2.23. The smallest absolute Gasteiger partial charge is 0.240 e. The van der Waals surface area contributed by atoms with Crippen molar-refractivity contribution in [1.82, 2.24) is 14.5 Å². The van der Waals surface area contributed by atoms with E-state index in [2.05, 4.69) is 16.5 Å². The second kappa shape index (κ2) is 7.01. The summed E-state index contributed by atoms with van der Waals surface area (Å²) in [6.45, 7) is 4.71. The van der Waals surface area contributed by atoms with Crippen molar-refractivity contribution >= 4 is 17.7 Å². The predicted octanol–water partition coefficient (Wildman–Crippen LogP) is 3.36. The van der Waals surface area contributed by atoms with Crippen LogP contribution in [0.1, 0.15) is 30.6 Å². The average Bonchev–Trinajstić information content (AvgIpc) is 3.24. The first-order valence-electron chi connectivity index (χ1n) is 7.81. The van der Waals surface area contributed by atoms with Gasteiger partial charge in [-0.15, -0.1) is 0 Å². The van der Waals surface area contributed by atoms with Crippen molar-refractivity contribution in [1.29, 1.82) is 0 Å². The van der Waals surface area contributed by atoms with Crippen LogP contribution >= 0.6 is 11.8 Å². The second-order valence-corrected chi connectivity index (χ2v) is 6.51. The lowest BCUT2D eigenvalue weighted by molar-refractivity contribution is -0.129. The highest BCUT2D eigenvalue weighted by Gasteiger charge is 2.29. The van der Waals surface area contributed by atoms with Gasteiger partial charge in [0.2, 0.25) is 5.91 Å². The third-order valence-corrected chi connectivity index (χ3v) is 5.25. The predicted molar refractivity (Wildman–Crippen MR) is 88.8 cm³/mol. The third-order valence-electron chi connectivity index (χ3n) is 3.99. The van der Waals surface area contributed by atoms with Gasteiger partial charge in [0, 0.05) is 32.0 Å². The fraction of sp³-hybridized carbons (Fsp3) is 0.412. The maximum Gasteiger partial charge on any atom is 0.240 e. The maximum absolute atomic E-state index is 12.9. The number of likely N-dealkylation sites (tertiary alicyclic amines) is 1. The number of thioether (sulfide) groups is 1. The van der Waals surface area contributed by atoms with E-state index in [-0.39, 0.29) is 11.2 Å². The first-order valence-corrected chi connectivity index (χ1v) is 8.69. The summed E-state index contributed by atoms with van der Waals surface area (Å²) in [5, 5.41) is 0.691. The lowest BCUT2D eigenvalue weighted by Crippen LogP contribution is -2.31. The SMILES string of the molecule is CCn1ccnc1SC(C(=O)N1CCCC1)c1ccccc1. The molecule has 22 heavy (non-hydrogen) atoms. The summed E-state index contributed by atoms with van der Waals surface area (Å²) in [4.78, 5) is 19.3. The van der Waals surface area contributed by atoms with Crippen LogP contribution in [-0.2, 0) is 11.3 Å². The van der Waals surface area contributed by atoms with Crippen LogP contribution in [0.25, 0.3) is 0 Å². The first kappa shape index (κ1) is 15.2. The van der Waals surface area contributed by atoms with Crippen LogP contribution in [0.15, 0.2) is 47.9 Å². The molecule has 1 aromatic heterocycles. The number of aryl methyl sites for hydroxylation is 1. The molecule has 4 nitrogen and oxygen atoms in total. The molecule has 1 fully saturated rings. The van der Waals surface area contributed by atoms with E-state index in [1.54, 1.807) is 18.0 Å². The molecule has 2 aromatic rings. The van der Waals surface area contributed by atoms with Crippen molar-refractivity contribution in [2.24, 2.45) is 0 Å². The van der Waals surface area contributed by atoms with Gasteiger partial charge in [-0.05, 0) is 25.3 Å². The molecule has 3 rings (SSSR count). The molecule has 0 spiro atoms. The van der Waals surface area contributed by atoms with E-state index < -0.39 is 0 Å². The van der Waals surface area contributed by atoms with Gasteiger partial charge in [0.05, 0.1) is 0 Å². The third kappa shape index (κ3) is 3.19. The Hall–Kier alpha value is -1.75. The monoisotopic (exact) mass is 315 g/mol. The Morgan fingerprint density at radius 1 is 1.27 bits per heavy atom. The van der Waals surface area contributed by atoms with E-state index in [0.29, 0.717) is 0 Å². The van der Waals surface area contributed by atoms with Crippen molar-refractivity contribution < 1.29 is 4.79 Å². The molecule has 1 aliphatic rings. The van der Waals surface area contributed by atoms with Gasteiger partial charge in [0.1, 0.15) is 5.25 Å². The molecule has 0 N–H and O–H groups in total. The van der Waals surface area contributed by atoms with Crippen LogP contribution in [0.4, 0.5) is 0 Å². The van der Waals surface area contributed by atoms with Crippen molar-refractivity contribution in [2.75, 3.05) is 13.1 Å². The Labute approximate surface area is 135 Å². The zero-order chi connectivity index (χ0) is 15.4. The van der Waals surface area contributed by atoms with Crippen molar-refractivity contribution in [3.63, 3.8) is 0 Å². The van der Waals surface area contributed by atoms with Crippen molar-refractivity contribution in [3.8, 4) is 0 Å². The lowest BCUT2D eigenvalue weighted by atomic mass is 10.1. The number of hydrogen-bond acceptors (Lipinski definition) is 3. The molecule has 0 bridgehead atoms. The largest absolute Gasteiger partial charge is 0.341 e. The van der Waals surface area contributed by atoms with E-state index in [4.69, 9.17) is 0 Å². The normalized spacial score (nSPS) is 16.0. The number of carbonyl (C=O) groups is 1. The van der Waals surface area contributed by atoms with Crippen molar-refractivity contribution in [2.45, 2.75) is 36.7 Å². The van der Waals surface area contributed by atoms with Gasteiger partial charge in [0.25, 0.3) is 0 Å².